The summed E-state index contributed by atoms with van der Waals surface area (Å²) in [6.07, 6.45) is 0.335. The number of nitrogens with one attached hydrogen (secondary N) is 1. The van der Waals surface area contributed by atoms with E-state index < -0.39 is 0 Å². The Labute approximate surface area is 126 Å². The topological polar surface area (TPSA) is 38.3 Å². The number of aryl methyl sites for hydroxylation is 2. The van der Waals surface area contributed by atoms with Crippen molar-refractivity contribution in [2.45, 2.75) is 27.2 Å². The van der Waals surface area contributed by atoms with Gasteiger partial charge in [0.1, 0.15) is 5.75 Å². The van der Waals surface area contributed by atoms with Crippen molar-refractivity contribution in [3.05, 3.63) is 59.2 Å². The largest absolute Gasteiger partial charge is 0.493 e. The number of amides is 1. The summed E-state index contributed by atoms with van der Waals surface area (Å²) in [6, 6.07) is 13.7. The average Bonchev–Trinajstić information content (AvgIpc) is 2.46. The Morgan fingerprint density at radius 2 is 1.71 bits per heavy atom. The van der Waals surface area contributed by atoms with E-state index in [2.05, 4.69) is 5.32 Å². The molecule has 0 aliphatic carbocycles. The minimum absolute atomic E-state index is 0.0303. The zero-order valence-corrected chi connectivity index (χ0v) is 12.8. The third-order valence-corrected chi connectivity index (χ3v) is 3.56. The molecule has 21 heavy (non-hydrogen) atoms. The van der Waals surface area contributed by atoms with Crippen LogP contribution in [-0.2, 0) is 4.79 Å². The standard InChI is InChI=1S/C18H21NO2/c1-13-8-6-9-16(15(13)3)19-18(20)11-12-21-17-10-5-4-7-14(17)2/h4-10H,11-12H2,1-3H3,(H,19,20). The van der Waals surface area contributed by atoms with Crippen LogP contribution in [0.15, 0.2) is 42.5 Å². The Hall–Kier alpha value is -2.29. The van der Waals surface area contributed by atoms with Gasteiger partial charge in [-0.1, -0.05) is 30.3 Å². The second-order valence-electron chi connectivity index (χ2n) is 5.16. The lowest BCUT2D eigenvalue weighted by Crippen LogP contribution is -2.16. The van der Waals surface area contributed by atoms with Gasteiger partial charge in [0.2, 0.25) is 5.91 Å². The number of carbonyl (C=O) groups excluding carboxylic acids is 1. The molecule has 0 aromatic heterocycles. The Balaban J connectivity index is 1.85. The van der Waals surface area contributed by atoms with Gasteiger partial charge in [-0.05, 0) is 49.6 Å². The predicted molar refractivity (Wildman–Crippen MR) is 85.8 cm³/mol. The number of para-hydroxylation sites is 1. The highest BCUT2D eigenvalue weighted by Crippen LogP contribution is 2.19. The van der Waals surface area contributed by atoms with Gasteiger partial charge in [0.05, 0.1) is 13.0 Å². The molecule has 3 nitrogen and oxygen atoms in total. The van der Waals surface area contributed by atoms with Gasteiger partial charge in [-0.2, -0.15) is 0 Å². The maximum absolute atomic E-state index is 12.0. The van der Waals surface area contributed by atoms with E-state index in [-0.39, 0.29) is 5.91 Å². The maximum atomic E-state index is 12.0. The molecule has 0 radical (unpaired) electrons. The van der Waals surface area contributed by atoms with E-state index in [9.17, 15) is 4.79 Å². The third kappa shape index (κ3) is 4.09. The molecule has 0 bridgehead atoms. The molecule has 0 aliphatic rings. The maximum Gasteiger partial charge on any atom is 0.227 e. The van der Waals surface area contributed by atoms with Crippen LogP contribution >= 0.6 is 0 Å². The second kappa shape index (κ2) is 6.93. The van der Waals surface area contributed by atoms with Crippen LogP contribution in [-0.4, -0.2) is 12.5 Å². The molecule has 1 N–H and O–H groups in total. The number of benzene rings is 2. The highest BCUT2D eigenvalue weighted by molar-refractivity contribution is 5.91. The molecule has 0 spiro atoms. The molecular weight excluding hydrogens is 262 g/mol. The van der Waals surface area contributed by atoms with Gasteiger partial charge in [-0.3, -0.25) is 4.79 Å². The lowest BCUT2D eigenvalue weighted by Gasteiger charge is -2.11. The molecule has 2 rings (SSSR count). The summed E-state index contributed by atoms with van der Waals surface area (Å²) in [7, 11) is 0. The minimum Gasteiger partial charge on any atom is -0.493 e. The Morgan fingerprint density at radius 3 is 2.48 bits per heavy atom. The number of ether oxygens (including phenoxy) is 1. The molecule has 110 valence electrons. The molecule has 2 aromatic carbocycles. The molecular formula is C18H21NO2. The van der Waals surface area contributed by atoms with Gasteiger partial charge in [-0.25, -0.2) is 0 Å². The number of hydrogen-bond acceptors (Lipinski definition) is 2. The first-order chi connectivity index (χ1) is 10.1. The van der Waals surface area contributed by atoms with E-state index in [4.69, 9.17) is 4.74 Å². The van der Waals surface area contributed by atoms with Gasteiger partial charge in [0, 0.05) is 5.69 Å². The molecule has 3 heteroatoms. The smallest absolute Gasteiger partial charge is 0.227 e. The van der Waals surface area contributed by atoms with Crippen LogP contribution in [0.3, 0.4) is 0 Å². The van der Waals surface area contributed by atoms with Crippen LogP contribution in [0.2, 0.25) is 0 Å². The van der Waals surface area contributed by atoms with E-state index in [1.165, 1.54) is 5.56 Å². The van der Waals surface area contributed by atoms with Crippen molar-refractivity contribution in [3.63, 3.8) is 0 Å². The first-order valence-electron chi connectivity index (χ1n) is 7.12. The van der Waals surface area contributed by atoms with Crippen molar-refractivity contribution < 1.29 is 9.53 Å². The fraction of sp³-hybridized carbons (Fsp3) is 0.278. The molecule has 2 aromatic rings. The Bertz CT molecular complexity index is 635. The zero-order valence-electron chi connectivity index (χ0n) is 12.8. The van der Waals surface area contributed by atoms with Gasteiger partial charge in [0.15, 0.2) is 0 Å². The first kappa shape index (κ1) is 15.1. The van der Waals surface area contributed by atoms with Gasteiger partial charge in [0.25, 0.3) is 0 Å². The third-order valence-electron chi connectivity index (χ3n) is 3.56. The molecule has 0 heterocycles. The summed E-state index contributed by atoms with van der Waals surface area (Å²) in [6.45, 7) is 6.41. The highest BCUT2D eigenvalue weighted by Gasteiger charge is 2.06. The van der Waals surface area contributed by atoms with E-state index in [0.717, 1.165) is 22.6 Å². The van der Waals surface area contributed by atoms with E-state index >= 15 is 0 Å². The number of hydrogen-bond donors (Lipinski definition) is 1. The van der Waals surface area contributed by atoms with Crippen molar-refractivity contribution in [1.29, 1.82) is 0 Å². The van der Waals surface area contributed by atoms with Crippen molar-refractivity contribution in [1.82, 2.24) is 0 Å². The number of rotatable bonds is 5. The van der Waals surface area contributed by atoms with Crippen LogP contribution < -0.4 is 10.1 Å². The van der Waals surface area contributed by atoms with E-state index in [0.29, 0.717) is 13.0 Å². The quantitative estimate of drug-likeness (QED) is 0.900. The van der Waals surface area contributed by atoms with Crippen LogP contribution in [0.25, 0.3) is 0 Å². The minimum atomic E-state index is -0.0303. The lowest BCUT2D eigenvalue weighted by molar-refractivity contribution is -0.116. The highest BCUT2D eigenvalue weighted by atomic mass is 16.5. The van der Waals surface area contributed by atoms with Crippen LogP contribution in [0.1, 0.15) is 23.1 Å². The summed E-state index contributed by atoms with van der Waals surface area (Å²) in [5.74, 6) is 0.800. The van der Waals surface area contributed by atoms with Crippen molar-refractivity contribution in [2.24, 2.45) is 0 Å². The van der Waals surface area contributed by atoms with Crippen LogP contribution in [0.5, 0.6) is 5.75 Å². The second-order valence-corrected chi connectivity index (χ2v) is 5.16. The molecule has 0 fully saturated rings. The molecule has 0 saturated heterocycles. The van der Waals surface area contributed by atoms with E-state index in [1.54, 1.807) is 0 Å². The Morgan fingerprint density at radius 1 is 1.00 bits per heavy atom. The normalized spacial score (nSPS) is 10.2. The van der Waals surface area contributed by atoms with Crippen molar-refractivity contribution >= 4 is 11.6 Å². The molecule has 0 unspecified atom stereocenters. The predicted octanol–water partition coefficient (Wildman–Crippen LogP) is 4.02. The monoisotopic (exact) mass is 283 g/mol. The fourth-order valence-electron chi connectivity index (χ4n) is 2.07. The summed E-state index contributed by atoms with van der Waals surface area (Å²) in [4.78, 5) is 12.0. The van der Waals surface area contributed by atoms with Gasteiger partial charge >= 0.3 is 0 Å². The van der Waals surface area contributed by atoms with E-state index in [1.807, 2.05) is 63.2 Å². The summed E-state index contributed by atoms with van der Waals surface area (Å²) in [5.41, 5.74) is 4.22. The lowest BCUT2D eigenvalue weighted by atomic mass is 10.1. The fourth-order valence-corrected chi connectivity index (χ4v) is 2.07. The zero-order chi connectivity index (χ0) is 15.2. The number of carbonyl (C=O) groups is 1. The summed E-state index contributed by atoms with van der Waals surface area (Å²) in [5, 5.41) is 2.93. The summed E-state index contributed by atoms with van der Waals surface area (Å²) < 4.78 is 5.64. The van der Waals surface area contributed by atoms with Crippen molar-refractivity contribution in [2.75, 3.05) is 11.9 Å². The molecule has 0 aliphatic heterocycles. The van der Waals surface area contributed by atoms with Gasteiger partial charge in [-0.15, -0.1) is 0 Å². The number of anilines is 1. The van der Waals surface area contributed by atoms with Crippen molar-refractivity contribution in [3.8, 4) is 5.75 Å². The van der Waals surface area contributed by atoms with Crippen LogP contribution in [0.4, 0.5) is 5.69 Å². The summed E-state index contributed by atoms with van der Waals surface area (Å²) >= 11 is 0. The molecule has 0 saturated carbocycles. The Kier molecular flexibility index (Phi) is 4.99. The molecule has 0 atom stereocenters. The SMILES string of the molecule is Cc1ccccc1OCCC(=O)Nc1cccc(C)c1C. The van der Waals surface area contributed by atoms with Gasteiger partial charge < -0.3 is 10.1 Å². The first-order valence-corrected chi connectivity index (χ1v) is 7.12. The molecule has 1 amide bonds. The van der Waals surface area contributed by atoms with Crippen LogP contribution in [0, 0.1) is 20.8 Å². The average molecular weight is 283 g/mol.